The predicted molar refractivity (Wildman–Crippen MR) is 71.3 cm³/mol. The van der Waals surface area contributed by atoms with E-state index in [4.69, 9.17) is 9.47 Å². The van der Waals surface area contributed by atoms with Crippen molar-refractivity contribution in [2.75, 3.05) is 39.5 Å². The third-order valence-electron chi connectivity index (χ3n) is 3.44. The van der Waals surface area contributed by atoms with Crippen LogP contribution in [0.3, 0.4) is 0 Å². The molecule has 1 fully saturated rings. The first-order valence-corrected chi connectivity index (χ1v) is 7.05. The molecular weight excluding hydrogens is 214 g/mol. The maximum atomic E-state index is 5.59. The largest absolute Gasteiger partial charge is 0.382 e. The fourth-order valence-corrected chi connectivity index (χ4v) is 2.39. The van der Waals surface area contributed by atoms with E-state index in [1.54, 1.807) is 0 Å². The molecule has 0 aromatic heterocycles. The molecule has 0 saturated carbocycles. The second-order valence-corrected chi connectivity index (χ2v) is 5.63. The second-order valence-electron chi connectivity index (χ2n) is 5.63. The van der Waals surface area contributed by atoms with E-state index in [1.165, 1.54) is 12.8 Å². The number of hydrogen-bond acceptors (Lipinski definition) is 3. The number of hydrogen-bond donors (Lipinski definition) is 1. The van der Waals surface area contributed by atoms with Crippen molar-refractivity contribution in [3.63, 3.8) is 0 Å². The molecule has 3 heteroatoms. The van der Waals surface area contributed by atoms with Crippen LogP contribution >= 0.6 is 0 Å². The van der Waals surface area contributed by atoms with Crippen LogP contribution in [0, 0.1) is 11.3 Å². The molecule has 1 rings (SSSR count). The van der Waals surface area contributed by atoms with Crippen LogP contribution in [0.15, 0.2) is 0 Å². The Morgan fingerprint density at radius 2 is 2.24 bits per heavy atom. The summed E-state index contributed by atoms with van der Waals surface area (Å²) < 4.78 is 11.0. The molecule has 1 saturated heterocycles. The van der Waals surface area contributed by atoms with Crippen molar-refractivity contribution >= 4 is 0 Å². The van der Waals surface area contributed by atoms with Gasteiger partial charge in [0.15, 0.2) is 0 Å². The Labute approximate surface area is 106 Å². The van der Waals surface area contributed by atoms with Crippen molar-refractivity contribution in [2.45, 2.75) is 40.0 Å². The lowest BCUT2D eigenvalue weighted by Crippen LogP contribution is -2.36. The van der Waals surface area contributed by atoms with Crippen LogP contribution in [-0.2, 0) is 9.47 Å². The van der Waals surface area contributed by atoms with E-state index in [0.717, 1.165) is 51.9 Å². The summed E-state index contributed by atoms with van der Waals surface area (Å²) in [5, 5.41) is 3.59. The lowest BCUT2D eigenvalue weighted by atomic mass is 9.82. The zero-order chi connectivity index (χ0) is 12.6. The van der Waals surface area contributed by atoms with Gasteiger partial charge in [-0.1, -0.05) is 13.8 Å². The minimum absolute atomic E-state index is 0.367. The van der Waals surface area contributed by atoms with Gasteiger partial charge in [0.05, 0.1) is 6.61 Å². The first-order valence-electron chi connectivity index (χ1n) is 7.05. The van der Waals surface area contributed by atoms with Crippen LogP contribution in [0.2, 0.25) is 0 Å². The van der Waals surface area contributed by atoms with E-state index in [-0.39, 0.29) is 0 Å². The molecule has 0 aromatic rings. The van der Waals surface area contributed by atoms with Crippen molar-refractivity contribution in [1.29, 1.82) is 0 Å². The zero-order valence-electron chi connectivity index (χ0n) is 11.8. The van der Waals surface area contributed by atoms with Crippen molar-refractivity contribution in [3.05, 3.63) is 0 Å². The van der Waals surface area contributed by atoms with Gasteiger partial charge in [-0.3, -0.25) is 0 Å². The van der Waals surface area contributed by atoms with Crippen LogP contribution in [-0.4, -0.2) is 39.5 Å². The lowest BCUT2D eigenvalue weighted by molar-refractivity contribution is 0.111. The fraction of sp³-hybridized carbons (Fsp3) is 1.00. The van der Waals surface area contributed by atoms with Gasteiger partial charge in [-0.2, -0.15) is 0 Å². The summed E-state index contributed by atoms with van der Waals surface area (Å²) in [7, 11) is 0. The Bertz CT molecular complexity index is 189. The van der Waals surface area contributed by atoms with Crippen LogP contribution in [0.4, 0.5) is 0 Å². The quantitative estimate of drug-likeness (QED) is 0.631. The van der Waals surface area contributed by atoms with Crippen molar-refractivity contribution in [1.82, 2.24) is 5.32 Å². The van der Waals surface area contributed by atoms with E-state index in [0.29, 0.717) is 5.41 Å². The number of rotatable bonds is 9. The molecule has 0 radical (unpaired) electrons. The Kier molecular flexibility index (Phi) is 7.09. The average molecular weight is 243 g/mol. The molecule has 1 N–H and O–H groups in total. The normalized spacial score (nSPS) is 24.7. The zero-order valence-corrected chi connectivity index (χ0v) is 11.8. The van der Waals surface area contributed by atoms with E-state index in [2.05, 4.69) is 26.1 Å². The SMILES string of the molecule is CCOCCCC1(CNCC(C)C)CCOC1. The van der Waals surface area contributed by atoms with Gasteiger partial charge in [-0.15, -0.1) is 0 Å². The first-order chi connectivity index (χ1) is 8.18. The van der Waals surface area contributed by atoms with Gasteiger partial charge in [-0.05, 0) is 38.6 Å². The molecular formula is C14H29NO2. The van der Waals surface area contributed by atoms with Gasteiger partial charge < -0.3 is 14.8 Å². The molecule has 1 heterocycles. The summed E-state index contributed by atoms with van der Waals surface area (Å²) in [6.07, 6.45) is 3.57. The standard InChI is InChI=1S/C14H29NO2/c1-4-16-8-5-6-14(7-9-17-12-14)11-15-10-13(2)3/h13,15H,4-12H2,1-3H3. The molecule has 1 aliphatic rings. The third-order valence-corrected chi connectivity index (χ3v) is 3.44. The molecule has 102 valence electrons. The minimum atomic E-state index is 0.367. The molecule has 0 aromatic carbocycles. The molecule has 17 heavy (non-hydrogen) atoms. The van der Waals surface area contributed by atoms with Crippen molar-refractivity contribution in [2.24, 2.45) is 11.3 Å². The molecule has 0 amide bonds. The highest BCUT2D eigenvalue weighted by Gasteiger charge is 2.33. The predicted octanol–water partition coefficient (Wildman–Crippen LogP) is 2.46. The third kappa shape index (κ3) is 5.84. The average Bonchev–Trinajstić information content (AvgIpc) is 2.73. The molecule has 0 spiro atoms. The lowest BCUT2D eigenvalue weighted by Gasteiger charge is -2.28. The maximum Gasteiger partial charge on any atom is 0.0535 e. The highest BCUT2D eigenvalue weighted by molar-refractivity contribution is 4.85. The molecule has 0 aliphatic carbocycles. The molecule has 1 atom stereocenters. The summed E-state index contributed by atoms with van der Waals surface area (Å²) in [5.74, 6) is 0.720. The molecule has 3 nitrogen and oxygen atoms in total. The minimum Gasteiger partial charge on any atom is -0.382 e. The van der Waals surface area contributed by atoms with Crippen LogP contribution < -0.4 is 5.32 Å². The highest BCUT2D eigenvalue weighted by atomic mass is 16.5. The highest BCUT2D eigenvalue weighted by Crippen LogP contribution is 2.33. The Balaban J connectivity index is 2.24. The van der Waals surface area contributed by atoms with Crippen LogP contribution in [0.25, 0.3) is 0 Å². The Hall–Kier alpha value is -0.120. The van der Waals surface area contributed by atoms with Gasteiger partial charge in [-0.25, -0.2) is 0 Å². The van der Waals surface area contributed by atoms with E-state index in [9.17, 15) is 0 Å². The molecule has 0 bridgehead atoms. The Morgan fingerprint density at radius 3 is 2.82 bits per heavy atom. The smallest absolute Gasteiger partial charge is 0.0535 e. The van der Waals surface area contributed by atoms with E-state index in [1.807, 2.05) is 0 Å². The van der Waals surface area contributed by atoms with E-state index >= 15 is 0 Å². The molecule has 1 unspecified atom stereocenters. The van der Waals surface area contributed by atoms with Gasteiger partial charge in [0.25, 0.3) is 0 Å². The number of ether oxygens (including phenoxy) is 2. The number of nitrogens with one attached hydrogen (secondary N) is 1. The van der Waals surface area contributed by atoms with Gasteiger partial charge in [0, 0.05) is 31.8 Å². The summed E-state index contributed by atoms with van der Waals surface area (Å²) in [6.45, 7) is 12.3. The maximum absolute atomic E-state index is 5.59. The van der Waals surface area contributed by atoms with Crippen molar-refractivity contribution in [3.8, 4) is 0 Å². The Morgan fingerprint density at radius 1 is 1.41 bits per heavy atom. The van der Waals surface area contributed by atoms with Crippen LogP contribution in [0.5, 0.6) is 0 Å². The summed E-state index contributed by atoms with van der Waals surface area (Å²) in [4.78, 5) is 0. The van der Waals surface area contributed by atoms with Crippen molar-refractivity contribution < 1.29 is 9.47 Å². The fourth-order valence-electron chi connectivity index (χ4n) is 2.39. The van der Waals surface area contributed by atoms with Gasteiger partial charge in [0.2, 0.25) is 0 Å². The second kappa shape index (κ2) is 8.06. The topological polar surface area (TPSA) is 30.5 Å². The molecule has 1 aliphatic heterocycles. The van der Waals surface area contributed by atoms with E-state index < -0.39 is 0 Å². The monoisotopic (exact) mass is 243 g/mol. The first kappa shape index (κ1) is 14.9. The van der Waals surface area contributed by atoms with Crippen LogP contribution in [0.1, 0.15) is 40.0 Å². The van der Waals surface area contributed by atoms with Gasteiger partial charge >= 0.3 is 0 Å². The summed E-state index contributed by atoms with van der Waals surface area (Å²) in [5.41, 5.74) is 0.367. The summed E-state index contributed by atoms with van der Waals surface area (Å²) in [6, 6.07) is 0. The summed E-state index contributed by atoms with van der Waals surface area (Å²) >= 11 is 0. The van der Waals surface area contributed by atoms with Gasteiger partial charge in [0.1, 0.15) is 0 Å².